The van der Waals surface area contributed by atoms with Crippen molar-refractivity contribution in [2.24, 2.45) is 0 Å². The van der Waals surface area contributed by atoms with Gasteiger partial charge in [0.25, 0.3) is 0 Å². The van der Waals surface area contributed by atoms with Crippen molar-refractivity contribution in [3.05, 3.63) is 65.5 Å². The van der Waals surface area contributed by atoms with Crippen LogP contribution in [0, 0.1) is 5.82 Å². The monoisotopic (exact) mass is 465 g/mol. The van der Waals surface area contributed by atoms with E-state index < -0.39 is 0 Å². The molecule has 0 aromatic heterocycles. The maximum absolute atomic E-state index is 14.8. The number of likely N-dealkylation sites (N-methyl/N-ethyl adjacent to an activating group) is 1. The van der Waals surface area contributed by atoms with E-state index in [1.165, 1.54) is 6.07 Å². The van der Waals surface area contributed by atoms with Gasteiger partial charge >= 0.3 is 0 Å². The van der Waals surface area contributed by atoms with Crippen molar-refractivity contribution in [1.82, 2.24) is 15.3 Å². The molecule has 178 valence electrons. The Bertz CT molecular complexity index is 791. The number of thioether (sulfide) groups is 1. The Labute approximate surface area is 196 Å². The number of rotatable bonds is 8. The van der Waals surface area contributed by atoms with Gasteiger partial charge in [0, 0.05) is 37.8 Å². The van der Waals surface area contributed by atoms with Gasteiger partial charge in [-0.3, -0.25) is 10.3 Å². The summed E-state index contributed by atoms with van der Waals surface area (Å²) in [6, 6.07) is 4.83. The molecular weight excluding hydrogens is 428 g/mol. The normalized spacial score (nSPS) is 18.9. The average molecular weight is 466 g/mol. The molecule has 3 rings (SSSR count). The molecule has 0 amide bonds. The molecule has 4 nitrogen and oxygen atoms in total. The van der Waals surface area contributed by atoms with Crippen molar-refractivity contribution >= 4 is 17.5 Å². The molecule has 0 spiro atoms. The summed E-state index contributed by atoms with van der Waals surface area (Å²) in [6.45, 7) is 8.31. The van der Waals surface area contributed by atoms with Crippen LogP contribution in [0.4, 0.5) is 8.78 Å². The van der Waals surface area contributed by atoms with Gasteiger partial charge in [0.15, 0.2) is 0 Å². The summed E-state index contributed by atoms with van der Waals surface area (Å²) in [4.78, 5) is 9.95. The van der Waals surface area contributed by atoms with Crippen LogP contribution in [-0.4, -0.2) is 47.5 Å². The lowest BCUT2D eigenvalue weighted by Gasteiger charge is -2.23. The van der Waals surface area contributed by atoms with Crippen LogP contribution in [0.5, 0.6) is 0 Å². The molecule has 2 heterocycles. The van der Waals surface area contributed by atoms with Crippen molar-refractivity contribution in [3.63, 3.8) is 0 Å². The van der Waals surface area contributed by atoms with Crippen LogP contribution in [-0.2, 0) is 11.4 Å². The quantitative estimate of drug-likeness (QED) is 0.469. The number of nitrogens with one attached hydrogen (secondary N) is 1. The van der Waals surface area contributed by atoms with E-state index in [2.05, 4.69) is 34.4 Å². The highest BCUT2D eigenvalue weighted by Gasteiger charge is 2.22. The fourth-order valence-electron chi connectivity index (χ4n) is 3.56. The summed E-state index contributed by atoms with van der Waals surface area (Å²) < 4.78 is 28.3. The molecule has 32 heavy (non-hydrogen) atoms. The second-order valence-electron chi connectivity index (χ2n) is 7.56. The third-order valence-corrected chi connectivity index (χ3v) is 6.42. The summed E-state index contributed by atoms with van der Waals surface area (Å²) in [5.74, 6) is 2.82. The first-order valence-corrected chi connectivity index (χ1v) is 12.7. The number of allylic oxidation sites excluding steroid dienone is 3. The first-order chi connectivity index (χ1) is 15.6. The van der Waals surface area contributed by atoms with Gasteiger partial charge in [0.2, 0.25) is 0 Å². The lowest BCUT2D eigenvalue weighted by atomic mass is 10.1. The van der Waals surface area contributed by atoms with Crippen LogP contribution in [0.25, 0.3) is 5.70 Å². The Hall–Kier alpha value is -1.99. The van der Waals surface area contributed by atoms with Gasteiger partial charge in [0.1, 0.15) is 18.0 Å². The topological polar surface area (TPSA) is 27.7 Å². The van der Waals surface area contributed by atoms with E-state index >= 15 is 0 Å². The van der Waals surface area contributed by atoms with Crippen molar-refractivity contribution < 1.29 is 13.6 Å². The van der Waals surface area contributed by atoms with Crippen molar-refractivity contribution in [2.45, 2.75) is 52.7 Å². The summed E-state index contributed by atoms with van der Waals surface area (Å²) >= 11 is 1.90. The highest BCUT2D eigenvalue weighted by Crippen LogP contribution is 2.24. The van der Waals surface area contributed by atoms with Crippen molar-refractivity contribution in [3.8, 4) is 0 Å². The van der Waals surface area contributed by atoms with Crippen LogP contribution in [0.15, 0.2) is 48.6 Å². The zero-order chi connectivity index (χ0) is 23.3. The molecular formula is C25H37F2N3OS. The van der Waals surface area contributed by atoms with Gasteiger partial charge < -0.3 is 9.80 Å². The van der Waals surface area contributed by atoms with Crippen LogP contribution >= 0.6 is 11.8 Å². The minimum atomic E-state index is -0.347. The highest BCUT2D eigenvalue weighted by atomic mass is 32.2. The van der Waals surface area contributed by atoms with Gasteiger partial charge in [-0.25, -0.2) is 8.78 Å². The number of benzene rings is 1. The van der Waals surface area contributed by atoms with Crippen molar-refractivity contribution in [2.75, 3.05) is 31.6 Å². The lowest BCUT2D eigenvalue weighted by molar-refractivity contribution is 0.000311. The van der Waals surface area contributed by atoms with E-state index in [1.807, 2.05) is 38.7 Å². The average Bonchev–Trinajstić information content (AvgIpc) is 3.17. The molecule has 0 aliphatic carbocycles. The lowest BCUT2D eigenvalue weighted by Crippen LogP contribution is -2.26. The Morgan fingerprint density at radius 3 is 2.66 bits per heavy atom. The van der Waals surface area contributed by atoms with Crippen LogP contribution in [0.1, 0.15) is 51.2 Å². The van der Waals surface area contributed by atoms with E-state index in [0.29, 0.717) is 24.0 Å². The highest BCUT2D eigenvalue weighted by molar-refractivity contribution is 7.99. The maximum Gasteiger partial charge on any atom is 0.128 e. The molecule has 1 aromatic rings. The van der Waals surface area contributed by atoms with Crippen LogP contribution in [0.2, 0.25) is 0 Å². The predicted octanol–water partition coefficient (Wildman–Crippen LogP) is 6.09. The SMILES string of the molecule is CC.CC/C=C/C=C1\N(C)CCN1Cc1ccc(/C(=C/F)NOC2CCSCC2)cc1F. The van der Waals surface area contributed by atoms with Gasteiger partial charge in [-0.1, -0.05) is 45.1 Å². The molecule has 1 N–H and O–H groups in total. The number of halogens is 2. The molecule has 0 unspecified atom stereocenters. The number of hydroxylamine groups is 1. The minimum absolute atomic E-state index is 0.0597. The van der Waals surface area contributed by atoms with E-state index in [-0.39, 0.29) is 17.6 Å². The smallest absolute Gasteiger partial charge is 0.128 e. The Kier molecular flexibility index (Phi) is 11.7. The summed E-state index contributed by atoms with van der Waals surface area (Å²) in [6.07, 6.45) is 9.53. The summed E-state index contributed by atoms with van der Waals surface area (Å²) in [7, 11) is 2.04. The third kappa shape index (κ3) is 7.55. The predicted molar refractivity (Wildman–Crippen MR) is 132 cm³/mol. The molecule has 2 saturated heterocycles. The van der Waals surface area contributed by atoms with Crippen LogP contribution < -0.4 is 5.48 Å². The van der Waals surface area contributed by atoms with E-state index in [9.17, 15) is 8.78 Å². The first-order valence-electron chi connectivity index (χ1n) is 11.5. The van der Waals surface area contributed by atoms with Crippen molar-refractivity contribution in [1.29, 1.82) is 0 Å². The van der Waals surface area contributed by atoms with E-state index in [1.54, 1.807) is 12.1 Å². The molecule has 1 aromatic carbocycles. The number of hydrogen-bond acceptors (Lipinski definition) is 5. The van der Waals surface area contributed by atoms with E-state index in [4.69, 9.17) is 4.84 Å². The zero-order valence-electron chi connectivity index (χ0n) is 19.7. The number of hydrogen-bond donors (Lipinski definition) is 1. The van der Waals surface area contributed by atoms with Crippen LogP contribution in [0.3, 0.4) is 0 Å². The minimum Gasteiger partial charge on any atom is -0.360 e. The fraction of sp³-hybridized carbons (Fsp3) is 0.520. The molecule has 0 saturated carbocycles. The number of nitrogens with zero attached hydrogens (tertiary/aromatic N) is 2. The van der Waals surface area contributed by atoms with Gasteiger partial charge in [-0.2, -0.15) is 11.8 Å². The standard InChI is InChI=1S/C23H31F2N3OS.C2H6/c1-3-4-5-6-23-27(2)11-12-28(23)17-19-8-7-18(15-21(19)25)22(16-24)26-29-20-9-13-30-14-10-20;1-2/h4-8,15-16,20,26H,3,9-14,17H2,1-2H3;1-2H3/b5-4+,22-16-,23-6+;. The zero-order valence-corrected chi connectivity index (χ0v) is 20.6. The maximum atomic E-state index is 14.8. The van der Waals surface area contributed by atoms with E-state index in [0.717, 1.165) is 49.7 Å². The largest absolute Gasteiger partial charge is 0.360 e. The van der Waals surface area contributed by atoms with Gasteiger partial charge in [0.05, 0.1) is 11.8 Å². The second kappa shape index (κ2) is 14.2. The third-order valence-electron chi connectivity index (χ3n) is 5.38. The first kappa shape index (κ1) is 26.3. The molecule has 7 heteroatoms. The second-order valence-corrected chi connectivity index (χ2v) is 8.79. The Balaban J connectivity index is 0.00000176. The summed E-state index contributed by atoms with van der Waals surface area (Å²) in [5.41, 5.74) is 3.86. The molecule has 0 atom stereocenters. The molecule has 2 aliphatic heterocycles. The molecule has 0 bridgehead atoms. The molecule has 2 aliphatic rings. The van der Waals surface area contributed by atoms with Gasteiger partial charge in [-0.15, -0.1) is 0 Å². The Morgan fingerprint density at radius 2 is 2.00 bits per heavy atom. The summed E-state index contributed by atoms with van der Waals surface area (Å²) in [5, 5.41) is 0. The molecule has 0 radical (unpaired) electrons. The molecule has 2 fully saturated rings. The fourth-order valence-corrected chi connectivity index (χ4v) is 4.62. The Morgan fingerprint density at radius 1 is 1.25 bits per heavy atom. The van der Waals surface area contributed by atoms with Gasteiger partial charge in [-0.05, 0) is 42.9 Å².